The molecule has 1 rings (SSSR count). The van der Waals surface area contributed by atoms with E-state index in [1.807, 2.05) is 52.0 Å². The quantitative estimate of drug-likeness (QED) is 0.370. The Balaban J connectivity index is 0.00000625. The van der Waals surface area contributed by atoms with E-state index in [2.05, 4.69) is 10.3 Å². The summed E-state index contributed by atoms with van der Waals surface area (Å²) in [7, 11) is 3.32. The Morgan fingerprint density at radius 3 is 2.54 bits per heavy atom. The number of benzene rings is 1. The summed E-state index contributed by atoms with van der Waals surface area (Å²) >= 11 is 0. The van der Waals surface area contributed by atoms with E-state index in [0.29, 0.717) is 24.7 Å². The molecule has 0 saturated heterocycles. The number of aliphatic imine (C=N–C) groups is 1. The zero-order valence-corrected chi connectivity index (χ0v) is 18.7. The zero-order chi connectivity index (χ0) is 19.0. The second-order valence-electron chi connectivity index (χ2n) is 6.82. The first-order chi connectivity index (χ1) is 11.6. The van der Waals surface area contributed by atoms with Gasteiger partial charge in [0.05, 0.1) is 12.8 Å². The lowest BCUT2D eigenvalue weighted by atomic mass is 10.2. The van der Waals surface area contributed by atoms with E-state index < -0.39 is 5.60 Å². The van der Waals surface area contributed by atoms with Crippen LogP contribution in [0, 0.1) is 0 Å². The second-order valence-corrected chi connectivity index (χ2v) is 6.82. The SMILES string of the molecule is COc1ccccc1NC(N)=NCCC(C)N(C)C(=O)OC(C)(C)C.I. The summed E-state index contributed by atoms with van der Waals surface area (Å²) in [6.07, 6.45) is 0.327. The molecule has 0 bridgehead atoms. The molecule has 148 valence electrons. The van der Waals surface area contributed by atoms with E-state index in [4.69, 9.17) is 15.2 Å². The number of rotatable bonds is 6. The number of amides is 1. The molecule has 0 heterocycles. The van der Waals surface area contributed by atoms with Crippen molar-refractivity contribution < 1.29 is 14.3 Å². The van der Waals surface area contributed by atoms with Crippen LogP contribution >= 0.6 is 24.0 Å². The Labute approximate surface area is 173 Å². The number of nitrogens with zero attached hydrogens (tertiary/aromatic N) is 2. The van der Waals surface area contributed by atoms with Crippen molar-refractivity contribution in [3.63, 3.8) is 0 Å². The summed E-state index contributed by atoms with van der Waals surface area (Å²) in [6, 6.07) is 7.45. The highest BCUT2D eigenvalue weighted by Crippen LogP contribution is 2.22. The normalized spacial score (nSPS) is 12.6. The fourth-order valence-corrected chi connectivity index (χ4v) is 2.00. The van der Waals surface area contributed by atoms with Gasteiger partial charge >= 0.3 is 6.09 Å². The lowest BCUT2D eigenvalue weighted by molar-refractivity contribution is 0.0231. The molecule has 1 aromatic rings. The second kappa shape index (κ2) is 11.1. The highest BCUT2D eigenvalue weighted by Gasteiger charge is 2.22. The summed E-state index contributed by atoms with van der Waals surface area (Å²) in [6.45, 7) is 7.97. The molecular weight excluding hydrogens is 447 g/mol. The van der Waals surface area contributed by atoms with Crippen LogP contribution in [0.25, 0.3) is 0 Å². The van der Waals surface area contributed by atoms with Gasteiger partial charge in [-0.05, 0) is 46.2 Å². The van der Waals surface area contributed by atoms with Gasteiger partial charge in [0.25, 0.3) is 0 Å². The molecule has 0 aliphatic carbocycles. The van der Waals surface area contributed by atoms with Gasteiger partial charge in [-0.25, -0.2) is 4.79 Å². The molecule has 26 heavy (non-hydrogen) atoms. The van der Waals surface area contributed by atoms with Crippen molar-refractivity contribution in [1.29, 1.82) is 0 Å². The number of carbonyl (C=O) groups excluding carboxylic acids is 1. The van der Waals surface area contributed by atoms with Gasteiger partial charge < -0.3 is 25.4 Å². The molecule has 0 spiro atoms. The first-order valence-electron chi connectivity index (χ1n) is 8.30. The van der Waals surface area contributed by atoms with Gasteiger partial charge in [0.2, 0.25) is 0 Å². The Morgan fingerprint density at radius 2 is 1.96 bits per heavy atom. The summed E-state index contributed by atoms with van der Waals surface area (Å²) in [5.41, 5.74) is 6.16. The van der Waals surface area contributed by atoms with Gasteiger partial charge in [0.15, 0.2) is 5.96 Å². The van der Waals surface area contributed by atoms with Crippen molar-refractivity contribution in [3.05, 3.63) is 24.3 Å². The molecule has 1 atom stereocenters. The minimum atomic E-state index is -0.508. The van der Waals surface area contributed by atoms with Gasteiger partial charge in [0, 0.05) is 19.6 Å². The Kier molecular flexibility index (Phi) is 10.4. The van der Waals surface area contributed by atoms with Gasteiger partial charge in [-0.3, -0.25) is 4.99 Å². The number of carbonyl (C=O) groups is 1. The number of nitrogens with one attached hydrogen (secondary N) is 1. The van der Waals surface area contributed by atoms with Crippen LogP contribution in [0.3, 0.4) is 0 Å². The first kappa shape index (κ1) is 24.3. The van der Waals surface area contributed by atoms with E-state index >= 15 is 0 Å². The standard InChI is InChI=1S/C18H30N4O3.HI/c1-13(22(5)17(23)25-18(2,3)4)11-12-20-16(19)21-14-9-7-8-10-15(14)24-6;/h7-10,13H,11-12H2,1-6H3,(H3,19,20,21);1H. The van der Waals surface area contributed by atoms with E-state index in [-0.39, 0.29) is 36.1 Å². The van der Waals surface area contributed by atoms with Gasteiger partial charge in [-0.1, -0.05) is 12.1 Å². The number of methoxy groups -OCH3 is 1. The van der Waals surface area contributed by atoms with Crippen molar-refractivity contribution in [2.45, 2.75) is 45.8 Å². The zero-order valence-electron chi connectivity index (χ0n) is 16.4. The fourth-order valence-electron chi connectivity index (χ4n) is 2.00. The van der Waals surface area contributed by atoms with E-state index in [1.54, 1.807) is 19.1 Å². The van der Waals surface area contributed by atoms with Gasteiger partial charge in [-0.15, -0.1) is 24.0 Å². The molecule has 0 radical (unpaired) electrons. The Hall–Kier alpha value is -1.71. The van der Waals surface area contributed by atoms with Crippen LogP contribution in [-0.4, -0.2) is 49.3 Å². The minimum absolute atomic E-state index is 0. The third-order valence-electron chi connectivity index (χ3n) is 3.54. The minimum Gasteiger partial charge on any atom is -0.495 e. The maximum atomic E-state index is 12.0. The Morgan fingerprint density at radius 1 is 1.35 bits per heavy atom. The highest BCUT2D eigenvalue weighted by molar-refractivity contribution is 14.0. The predicted octanol–water partition coefficient (Wildman–Crippen LogP) is 3.69. The highest BCUT2D eigenvalue weighted by atomic mass is 127. The molecule has 0 aliphatic heterocycles. The van der Waals surface area contributed by atoms with E-state index in [9.17, 15) is 4.79 Å². The summed E-state index contributed by atoms with van der Waals surface area (Å²) in [4.78, 5) is 17.9. The van der Waals surface area contributed by atoms with Crippen LogP contribution in [0.2, 0.25) is 0 Å². The molecule has 0 aromatic heterocycles. The first-order valence-corrected chi connectivity index (χ1v) is 8.30. The van der Waals surface area contributed by atoms with Crippen molar-refractivity contribution in [2.24, 2.45) is 10.7 Å². The molecule has 1 aromatic carbocycles. The van der Waals surface area contributed by atoms with Crippen LogP contribution in [0.4, 0.5) is 10.5 Å². The average Bonchev–Trinajstić information content (AvgIpc) is 2.52. The fraction of sp³-hybridized carbons (Fsp3) is 0.556. The van der Waals surface area contributed by atoms with Crippen molar-refractivity contribution in [3.8, 4) is 5.75 Å². The molecule has 3 N–H and O–H groups in total. The van der Waals surface area contributed by atoms with Gasteiger partial charge in [0.1, 0.15) is 11.4 Å². The molecule has 0 aliphatic rings. The lowest BCUT2D eigenvalue weighted by Gasteiger charge is -2.28. The third kappa shape index (κ3) is 8.59. The van der Waals surface area contributed by atoms with Crippen molar-refractivity contribution >= 4 is 41.7 Å². The van der Waals surface area contributed by atoms with Crippen LogP contribution in [0.5, 0.6) is 5.75 Å². The number of hydrogen-bond donors (Lipinski definition) is 2. The van der Waals surface area contributed by atoms with Crippen molar-refractivity contribution in [2.75, 3.05) is 26.0 Å². The number of nitrogens with two attached hydrogens (primary N) is 1. The Bertz CT molecular complexity index is 602. The monoisotopic (exact) mass is 478 g/mol. The molecule has 7 nitrogen and oxygen atoms in total. The maximum Gasteiger partial charge on any atom is 0.410 e. The molecule has 8 heteroatoms. The number of halogens is 1. The number of ether oxygens (including phenoxy) is 2. The van der Waals surface area contributed by atoms with Crippen molar-refractivity contribution in [1.82, 2.24) is 4.90 Å². The van der Waals surface area contributed by atoms with Crippen LogP contribution in [0.15, 0.2) is 29.3 Å². The predicted molar refractivity (Wildman–Crippen MR) is 117 cm³/mol. The maximum absolute atomic E-state index is 12.0. The van der Waals surface area contributed by atoms with E-state index in [0.717, 1.165) is 5.69 Å². The molecule has 1 amide bonds. The van der Waals surface area contributed by atoms with E-state index in [1.165, 1.54) is 0 Å². The average molecular weight is 478 g/mol. The molecular formula is C18H31IN4O3. The summed E-state index contributed by atoms with van der Waals surface area (Å²) < 4.78 is 10.6. The number of guanidine groups is 1. The van der Waals surface area contributed by atoms with Crippen LogP contribution in [-0.2, 0) is 4.74 Å². The number of para-hydroxylation sites is 2. The summed E-state index contributed by atoms with van der Waals surface area (Å²) in [5, 5.41) is 3.02. The summed E-state index contributed by atoms with van der Waals surface area (Å²) in [5.74, 6) is 0.996. The van der Waals surface area contributed by atoms with Crippen LogP contribution < -0.4 is 15.8 Å². The van der Waals surface area contributed by atoms with Crippen LogP contribution in [0.1, 0.15) is 34.1 Å². The number of anilines is 1. The third-order valence-corrected chi connectivity index (χ3v) is 3.54. The smallest absolute Gasteiger partial charge is 0.410 e. The largest absolute Gasteiger partial charge is 0.495 e. The lowest BCUT2D eigenvalue weighted by Crippen LogP contribution is -2.39. The van der Waals surface area contributed by atoms with Gasteiger partial charge in [-0.2, -0.15) is 0 Å². The molecule has 0 fully saturated rings. The molecule has 0 saturated carbocycles. The number of hydrogen-bond acceptors (Lipinski definition) is 4. The molecule has 1 unspecified atom stereocenters. The topological polar surface area (TPSA) is 89.2 Å².